The van der Waals surface area contributed by atoms with E-state index in [1.165, 1.54) is 77.2 Å². The van der Waals surface area contributed by atoms with Gasteiger partial charge in [-0.05, 0) is 123 Å². The van der Waals surface area contributed by atoms with Crippen LogP contribution < -0.4 is 4.90 Å². The molecule has 10 aromatic carbocycles. The van der Waals surface area contributed by atoms with Crippen LogP contribution in [0.2, 0.25) is 0 Å². The molecule has 1 aliphatic carbocycles. The monoisotopic (exact) mass is 841 g/mol. The number of fused-ring (bicyclic) bond motifs is 8. The van der Waals surface area contributed by atoms with Gasteiger partial charge in [-0.1, -0.05) is 176 Å². The fourth-order valence-corrected chi connectivity index (χ4v) is 11.0. The second kappa shape index (κ2) is 15.3. The van der Waals surface area contributed by atoms with Crippen molar-refractivity contribution in [2.75, 3.05) is 4.90 Å². The van der Waals surface area contributed by atoms with Gasteiger partial charge in [-0.15, -0.1) is 0 Å². The fraction of sp³-hybridized carbons (Fsp3) is 0.0159. The third-order valence-corrected chi connectivity index (χ3v) is 13.8. The summed E-state index contributed by atoms with van der Waals surface area (Å²) >= 11 is 0. The van der Waals surface area contributed by atoms with E-state index in [0.717, 1.165) is 28.4 Å². The van der Waals surface area contributed by atoms with Gasteiger partial charge < -0.3 is 14.0 Å². The van der Waals surface area contributed by atoms with Crippen LogP contribution in [0, 0.1) is 0 Å². The lowest BCUT2D eigenvalue weighted by atomic mass is 9.67. The molecule has 310 valence electrons. The fourth-order valence-electron chi connectivity index (χ4n) is 11.0. The molecule has 0 saturated heterocycles. The quantitative estimate of drug-likeness (QED) is 0.149. The predicted octanol–water partition coefficient (Wildman–Crippen LogP) is 16.2. The van der Waals surface area contributed by atoms with Crippen molar-refractivity contribution in [1.82, 2.24) is 9.13 Å². The van der Waals surface area contributed by atoms with Crippen molar-refractivity contribution in [3.63, 3.8) is 0 Å². The maximum atomic E-state index is 2.45. The first-order chi connectivity index (χ1) is 32.8. The largest absolute Gasteiger partial charge is 0.316 e. The van der Waals surface area contributed by atoms with E-state index < -0.39 is 5.41 Å². The average molecular weight is 842 g/mol. The molecule has 0 fully saturated rings. The molecular formula is C63H43N3. The first-order valence-electron chi connectivity index (χ1n) is 22.8. The second-order valence-corrected chi connectivity index (χ2v) is 17.3. The Morgan fingerprint density at radius 1 is 0.364 bits per heavy atom. The van der Waals surface area contributed by atoms with Gasteiger partial charge >= 0.3 is 0 Å². The third kappa shape index (κ3) is 5.77. The standard InChI is InChI=1S/C63H43N3/c1-5-17-44(18-6-1)45-29-32-51(33-30-45)65(53-38-39-55-54-25-13-15-27-57(54)63(58(55)43-53,47-19-7-2-8-20-47)48-21-9-3-10-22-48)52-36-34-49(35-37-52)64-42-41-46-31-40-60-61(62(46)64)56-26-14-16-28-59(56)66(60)50-23-11-4-12-24-50/h1-43H. The van der Waals surface area contributed by atoms with Gasteiger partial charge in [0.15, 0.2) is 0 Å². The van der Waals surface area contributed by atoms with E-state index >= 15 is 0 Å². The molecule has 0 bridgehead atoms. The molecule has 2 heterocycles. The molecule has 0 unspecified atom stereocenters. The Balaban J connectivity index is 0.992. The van der Waals surface area contributed by atoms with Gasteiger partial charge in [0.25, 0.3) is 0 Å². The smallest absolute Gasteiger partial charge is 0.0714 e. The van der Waals surface area contributed by atoms with Crippen LogP contribution in [0.15, 0.2) is 261 Å². The molecule has 13 rings (SSSR count). The molecule has 3 nitrogen and oxygen atoms in total. The van der Waals surface area contributed by atoms with Crippen LogP contribution >= 0.6 is 0 Å². The van der Waals surface area contributed by atoms with E-state index in [4.69, 9.17) is 0 Å². The van der Waals surface area contributed by atoms with Crippen molar-refractivity contribution in [1.29, 1.82) is 0 Å². The first-order valence-corrected chi connectivity index (χ1v) is 22.8. The summed E-state index contributed by atoms with van der Waals surface area (Å²) in [5, 5.41) is 3.70. The van der Waals surface area contributed by atoms with Crippen LogP contribution in [-0.2, 0) is 5.41 Å². The normalized spacial score (nSPS) is 12.7. The van der Waals surface area contributed by atoms with Crippen molar-refractivity contribution in [3.05, 3.63) is 283 Å². The molecule has 0 amide bonds. The van der Waals surface area contributed by atoms with Crippen LogP contribution in [-0.4, -0.2) is 9.13 Å². The van der Waals surface area contributed by atoms with E-state index in [9.17, 15) is 0 Å². The van der Waals surface area contributed by atoms with Gasteiger partial charge in [-0.25, -0.2) is 0 Å². The molecule has 3 heteroatoms. The summed E-state index contributed by atoms with van der Waals surface area (Å²) in [7, 11) is 0. The summed E-state index contributed by atoms with van der Waals surface area (Å²) in [6.45, 7) is 0. The van der Waals surface area contributed by atoms with E-state index in [-0.39, 0.29) is 0 Å². The van der Waals surface area contributed by atoms with Crippen molar-refractivity contribution in [3.8, 4) is 33.6 Å². The second-order valence-electron chi connectivity index (χ2n) is 17.3. The summed E-state index contributed by atoms with van der Waals surface area (Å²) in [6.07, 6.45) is 2.22. The topological polar surface area (TPSA) is 13.1 Å². The number of anilines is 3. The van der Waals surface area contributed by atoms with E-state index in [2.05, 4.69) is 275 Å². The zero-order chi connectivity index (χ0) is 43.6. The van der Waals surface area contributed by atoms with Crippen LogP contribution in [0.1, 0.15) is 22.3 Å². The maximum Gasteiger partial charge on any atom is 0.0714 e. The highest BCUT2D eigenvalue weighted by molar-refractivity contribution is 6.20. The molecule has 1 aliphatic rings. The van der Waals surface area contributed by atoms with E-state index in [0.29, 0.717) is 0 Å². The van der Waals surface area contributed by atoms with E-state index in [1.54, 1.807) is 0 Å². The molecule has 0 spiro atoms. The molecule has 2 aromatic heterocycles. The van der Waals surface area contributed by atoms with Crippen LogP contribution in [0.25, 0.3) is 66.3 Å². The number of para-hydroxylation sites is 2. The summed E-state index contributed by atoms with van der Waals surface area (Å²) in [4.78, 5) is 2.42. The lowest BCUT2D eigenvalue weighted by molar-refractivity contribution is 0.768. The Hall–Kier alpha value is -8.66. The number of nitrogens with zero attached hydrogens (tertiary/aromatic N) is 3. The lowest BCUT2D eigenvalue weighted by Crippen LogP contribution is -2.28. The minimum Gasteiger partial charge on any atom is -0.316 e. The molecular weight excluding hydrogens is 799 g/mol. The molecule has 66 heavy (non-hydrogen) atoms. The molecule has 0 aliphatic heterocycles. The molecule has 0 atom stereocenters. The Morgan fingerprint density at radius 2 is 0.924 bits per heavy atom. The van der Waals surface area contributed by atoms with Crippen LogP contribution in [0.3, 0.4) is 0 Å². The zero-order valence-electron chi connectivity index (χ0n) is 36.2. The minimum atomic E-state index is -0.512. The molecule has 12 aromatic rings. The highest BCUT2D eigenvalue weighted by Crippen LogP contribution is 2.57. The number of aromatic nitrogens is 2. The van der Waals surface area contributed by atoms with Crippen molar-refractivity contribution < 1.29 is 0 Å². The summed E-state index contributed by atoms with van der Waals surface area (Å²) in [5.41, 5.74) is 18.6. The highest BCUT2D eigenvalue weighted by atomic mass is 15.1. The van der Waals surface area contributed by atoms with Crippen LogP contribution in [0.5, 0.6) is 0 Å². The van der Waals surface area contributed by atoms with Crippen molar-refractivity contribution >= 4 is 49.8 Å². The van der Waals surface area contributed by atoms with Gasteiger partial charge in [0.2, 0.25) is 0 Å². The SMILES string of the molecule is c1ccc(-c2ccc(N(c3ccc(-n4ccc5ccc6c(c7ccccc7n6-c6ccccc6)c54)cc3)c3ccc4c(c3)C(c3ccccc3)(c3ccccc3)c3ccccc3-4)cc2)cc1. The Morgan fingerprint density at radius 3 is 1.64 bits per heavy atom. The highest BCUT2D eigenvalue weighted by Gasteiger charge is 2.46. The number of hydrogen-bond donors (Lipinski definition) is 0. The molecule has 0 radical (unpaired) electrons. The summed E-state index contributed by atoms with van der Waals surface area (Å²) in [6, 6.07) is 93.2. The van der Waals surface area contributed by atoms with Gasteiger partial charge in [-0.2, -0.15) is 0 Å². The lowest BCUT2D eigenvalue weighted by Gasteiger charge is -2.35. The Bertz CT molecular complexity index is 3680. The van der Waals surface area contributed by atoms with Crippen molar-refractivity contribution in [2.45, 2.75) is 5.41 Å². The number of hydrogen-bond acceptors (Lipinski definition) is 1. The maximum absolute atomic E-state index is 2.45. The summed E-state index contributed by atoms with van der Waals surface area (Å²) in [5.74, 6) is 0. The Kier molecular flexibility index (Phi) is 8.75. The van der Waals surface area contributed by atoms with Crippen LogP contribution in [0.4, 0.5) is 17.1 Å². The van der Waals surface area contributed by atoms with E-state index in [1.807, 2.05) is 0 Å². The minimum absolute atomic E-state index is 0.512. The molecule has 0 N–H and O–H groups in total. The average Bonchev–Trinajstić information content (AvgIpc) is 4.07. The van der Waals surface area contributed by atoms with Gasteiger partial charge in [0, 0.05) is 50.8 Å². The third-order valence-electron chi connectivity index (χ3n) is 13.8. The van der Waals surface area contributed by atoms with Gasteiger partial charge in [0.1, 0.15) is 0 Å². The predicted molar refractivity (Wildman–Crippen MR) is 275 cm³/mol. The Labute approximate surface area is 384 Å². The van der Waals surface area contributed by atoms with Gasteiger partial charge in [0.05, 0.1) is 22.0 Å². The summed E-state index contributed by atoms with van der Waals surface area (Å²) < 4.78 is 4.76. The zero-order valence-corrected chi connectivity index (χ0v) is 36.2. The van der Waals surface area contributed by atoms with Crippen molar-refractivity contribution in [2.24, 2.45) is 0 Å². The van der Waals surface area contributed by atoms with Gasteiger partial charge in [-0.3, -0.25) is 0 Å². The first kappa shape index (κ1) is 37.9. The molecule has 0 saturated carbocycles. The number of rotatable bonds is 8. The number of benzene rings is 10.